The second kappa shape index (κ2) is 8.94. The number of carbonyl (C=O) groups excluding carboxylic acids is 1. The van der Waals surface area contributed by atoms with E-state index in [0.29, 0.717) is 18.0 Å². The number of para-hydroxylation sites is 1. The van der Waals surface area contributed by atoms with Gasteiger partial charge in [0.25, 0.3) is 5.91 Å². The van der Waals surface area contributed by atoms with E-state index in [1.54, 1.807) is 11.3 Å². The van der Waals surface area contributed by atoms with Crippen LogP contribution in [0.15, 0.2) is 41.9 Å². The number of likely N-dealkylation sites (N-methyl/N-ethyl adjacent to an activating group) is 1. The van der Waals surface area contributed by atoms with Gasteiger partial charge in [-0.05, 0) is 25.2 Å². The lowest BCUT2D eigenvalue weighted by Gasteiger charge is -2.19. The Kier molecular flexibility index (Phi) is 6.13. The van der Waals surface area contributed by atoms with E-state index in [9.17, 15) is 4.79 Å². The molecule has 0 saturated heterocycles. The van der Waals surface area contributed by atoms with E-state index >= 15 is 0 Å². The molecule has 4 aromatic rings. The molecule has 152 valence electrons. The highest BCUT2D eigenvalue weighted by molar-refractivity contribution is 7.21. The molecule has 0 aliphatic rings. The van der Waals surface area contributed by atoms with Crippen LogP contribution in [0.3, 0.4) is 0 Å². The summed E-state index contributed by atoms with van der Waals surface area (Å²) < 4.78 is 8.00. The number of imidazole rings is 1. The first kappa shape index (κ1) is 19.9. The minimum atomic E-state index is -0.0880. The van der Waals surface area contributed by atoms with Crippen LogP contribution < -0.4 is 10.1 Å². The average Bonchev–Trinajstić information content (AvgIpc) is 3.42. The maximum atomic E-state index is 12.7. The van der Waals surface area contributed by atoms with Gasteiger partial charge in [0.05, 0.1) is 10.4 Å². The molecule has 29 heavy (non-hydrogen) atoms. The molecule has 0 saturated carbocycles. The Morgan fingerprint density at radius 2 is 2.10 bits per heavy atom. The molecular weight excluding hydrogens is 404 g/mol. The zero-order valence-corrected chi connectivity index (χ0v) is 18.2. The Morgan fingerprint density at radius 1 is 1.28 bits per heavy atom. The summed E-state index contributed by atoms with van der Waals surface area (Å²) in [5, 5.41) is 5.01. The van der Waals surface area contributed by atoms with Crippen molar-refractivity contribution in [1.82, 2.24) is 19.6 Å². The van der Waals surface area contributed by atoms with E-state index in [4.69, 9.17) is 4.74 Å². The number of fused-ring (bicyclic) bond motifs is 3. The molecule has 0 bridgehead atoms. The fourth-order valence-corrected chi connectivity index (χ4v) is 4.95. The van der Waals surface area contributed by atoms with Gasteiger partial charge in [0.1, 0.15) is 17.2 Å². The first-order valence-corrected chi connectivity index (χ1v) is 11.5. The van der Waals surface area contributed by atoms with Crippen molar-refractivity contribution < 1.29 is 9.53 Å². The molecule has 3 aromatic heterocycles. The van der Waals surface area contributed by atoms with Crippen LogP contribution in [-0.4, -0.2) is 46.4 Å². The predicted octanol–water partition coefficient (Wildman–Crippen LogP) is 4.26. The van der Waals surface area contributed by atoms with Crippen LogP contribution in [0.5, 0.6) is 5.75 Å². The zero-order valence-electron chi connectivity index (χ0n) is 16.6. The first-order chi connectivity index (χ1) is 14.2. The van der Waals surface area contributed by atoms with Crippen LogP contribution in [0.25, 0.3) is 15.3 Å². The molecule has 0 radical (unpaired) electrons. The van der Waals surface area contributed by atoms with Crippen LogP contribution in [0, 0.1) is 0 Å². The molecule has 3 heterocycles. The summed E-state index contributed by atoms with van der Waals surface area (Å²) in [5.41, 5.74) is 1.96. The lowest BCUT2D eigenvalue weighted by atomic mass is 10.2. The molecule has 0 aliphatic carbocycles. The third kappa shape index (κ3) is 4.29. The van der Waals surface area contributed by atoms with Crippen LogP contribution in [0.4, 0.5) is 0 Å². The number of nitrogens with zero attached hydrogens (tertiary/aromatic N) is 3. The smallest absolute Gasteiger partial charge is 0.261 e. The van der Waals surface area contributed by atoms with E-state index in [1.807, 2.05) is 46.3 Å². The molecule has 0 unspecified atom stereocenters. The number of nitrogens with one attached hydrogen (secondary N) is 1. The number of ether oxygens (including phenoxy) is 1. The summed E-state index contributed by atoms with van der Waals surface area (Å²) in [5.74, 6) is 0.733. The number of benzene rings is 1. The quantitative estimate of drug-likeness (QED) is 0.433. The monoisotopic (exact) mass is 428 g/mol. The Bertz CT molecular complexity index is 1110. The maximum absolute atomic E-state index is 12.7. The lowest BCUT2D eigenvalue weighted by Crippen LogP contribution is -2.28. The Labute approximate surface area is 177 Å². The highest BCUT2D eigenvalue weighted by Gasteiger charge is 2.15. The highest BCUT2D eigenvalue weighted by atomic mass is 32.1. The number of hydrogen-bond acceptors (Lipinski definition) is 6. The van der Waals surface area contributed by atoms with Gasteiger partial charge in [0.2, 0.25) is 0 Å². The normalized spacial score (nSPS) is 11.6. The van der Waals surface area contributed by atoms with Gasteiger partial charge >= 0.3 is 0 Å². The van der Waals surface area contributed by atoms with Gasteiger partial charge in [-0.1, -0.05) is 32.0 Å². The fourth-order valence-electron chi connectivity index (χ4n) is 3.24. The SMILES string of the molecule is CCN(CC)CCOc1ccccc1CNC(=O)c1cc2c(nc3sccn32)s1. The van der Waals surface area contributed by atoms with E-state index in [1.165, 1.54) is 11.3 Å². The summed E-state index contributed by atoms with van der Waals surface area (Å²) in [6.45, 7) is 8.28. The molecule has 1 aromatic carbocycles. The van der Waals surface area contributed by atoms with Crippen molar-refractivity contribution in [3.05, 3.63) is 52.3 Å². The maximum Gasteiger partial charge on any atom is 0.261 e. The largest absolute Gasteiger partial charge is 0.492 e. The summed E-state index contributed by atoms with van der Waals surface area (Å²) in [4.78, 5) is 22.1. The Hall–Kier alpha value is -2.42. The predicted molar refractivity (Wildman–Crippen MR) is 119 cm³/mol. The molecular formula is C21H24N4O2S2. The molecule has 6 nitrogen and oxygen atoms in total. The minimum Gasteiger partial charge on any atom is -0.492 e. The summed E-state index contributed by atoms with van der Waals surface area (Å²) in [6.07, 6.45) is 1.98. The Balaban J connectivity index is 1.39. The van der Waals surface area contributed by atoms with Gasteiger partial charge in [0, 0.05) is 30.2 Å². The van der Waals surface area contributed by atoms with E-state index < -0.39 is 0 Å². The van der Waals surface area contributed by atoms with Crippen LogP contribution in [0.2, 0.25) is 0 Å². The number of rotatable bonds is 9. The molecule has 0 aliphatic heterocycles. The van der Waals surface area contributed by atoms with Crippen molar-refractivity contribution in [3.63, 3.8) is 0 Å². The molecule has 0 spiro atoms. The van der Waals surface area contributed by atoms with Gasteiger partial charge in [-0.15, -0.1) is 22.7 Å². The summed E-state index contributed by atoms with van der Waals surface area (Å²) in [7, 11) is 0. The van der Waals surface area contributed by atoms with Crippen molar-refractivity contribution in [2.24, 2.45) is 0 Å². The average molecular weight is 429 g/mol. The molecule has 1 amide bonds. The fraction of sp³-hybridized carbons (Fsp3) is 0.333. The number of thiophene rings is 1. The zero-order chi connectivity index (χ0) is 20.2. The second-order valence-corrected chi connectivity index (χ2v) is 8.54. The minimum absolute atomic E-state index is 0.0880. The van der Waals surface area contributed by atoms with Crippen LogP contribution >= 0.6 is 22.7 Å². The number of thiazole rings is 1. The van der Waals surface area contributed by atoms with Crippen molar-refractivity contribution in [1.29, 1.82) is 0 Å². The number of aromatic nitrogens is 2. The molecule has 1 N–H and O–H groups in total. The third-order valence-corrected chi connectivity index (χ3v) is 6.71. The van der Waals surface area contributed by atoms with Crippen molar-refractivity contribution in [2.45, 2.75) is 20.4 Å². The van der Waals surface area contributed by atoms with Gasteiger partial charge in [-0.25, -0.2) is 4.98 Å². The summed E-state index contributed by atoms with van der Waals surface area (Å²) in [6, 6.07) is 9.78. The molecule has 8 heteroatoms. The molecule has 0 fully saturated rings. The number of amides is 1. The first-order valence-electron chi connectivity index (χ1n) is 9.76. The molecule has 0 atom stereocenters. The third-order valence-electron chi connectivity index (χ3n) is 4.94. The van der Waals surface area contributed by atoms with Crippen LogP contribution in [0.1, 0.15) is 29.1 Å². The van der Waals surface area contributed by atoms with Gasteiger partial charge in [-0.3, -0.25) is 9.20 Å². The van der Waals surface area contributed by atoms with Gasteiger partial charge in [0.15, 0.2) is 4.96 Å². The van der Waals surface area contributed by atoms with Gasteiger partial charge in [-0.2, -0.15) is 0 Å². The standard InChI is InChI=1S/C21H24N4O2S2/c1-3-24(4-2)9-11-27-17-8-6-5-7-15(17)14-22-19(26)18-13-16-20(29-18)23-21-25(16)10-12-28-21/h5-8,10,12-13H,3-4,9,11,14H2,1-2H3,(H,22,26). The van der Waals surface area contributed by atoms with Crippen molar-refractivity contribution in [3.8, 4) is 5.75 Å². The number of carbonyl (C=O) groups is 1. The van der Waals surface area contributed by atoms with E-state index in [-0.39, 0.29) is 5.91 Å². The number of hydrogen-bond donors (Lipinski definition) is 1. The lowest BCUT2D eigenvalue weighted by molar-refractivity contribution is 0.0954. The summed E-state index contributed by atoms with van der Waals surface area (Å²) >= 11 is 3.02. The highest BCUT2D eigenvalue weighted by Crippen LogP contribution is 2.28. The van der Waals surface area contributed by atoms with Crippen molar-refractivity contribution >= 4 is 43.9 Å². The molecule has 4 rings (SSSR count). The van der Waals surface area contributed by atoms with Gasteiger partial charge < -0.3 is 15.0 Å². The van der Waals surface area contributed by atoms with Crippen molar-refractivity contribution in [2.75, 3.05) is 26.2 Å². The second-order valence-electron chi connectivity index (χ2n) is 6.63. The van der Waals surface area contributed by atoms with Crippen LogP contribution in [-0.2, 0) is 6.54 Å². The van der Waals surface area contributed by atoms with E-state index in [2.05, 4.69) is 29.0 Å². The topological polar surface area (TPSA) is 58.9 Å². The Morgan fingerprint density at radius 3 is 2.93 bits per heavy atom. The van der Waals surface area contributed by atoms with E-state index in [0.717, 1.165) is 46.3 Å².